The van der Waals surface area contributed by atoms with E-state index in [9.17, 15) is 9.59 Å². The highest BCUT2D eigenvalue weighted by atomic mass is 16.5. The first-order valence-corrected chi connectivity index (χ1v) is 7.73. The first-order valence-electron chi connectivity index (χ1n) is 7.73. The topological polar surface area (TPSA) is 70.7 Å². The van der Waals surface area contributed by atoms with Crippen LogP contribution in [0.4, 0.5) is 5.69 Å². The van der Waals surface area contributed by atoms with Crippen LogP contribution in [0.15, 0.2) is 49.6 Å². The van der Waals surface area contributed by atoms with Crippen molar-refractivity contribution >= 4 is 17.5 Å². The predicted octanol–water partition coefficient (Wildman–Crippen LogP) is 1.68. The lowest BCUT2D eigenvalue weighted by Gasteiger charge is -2.19. The molecule has 0 aromatic heterocycles. The number of methoxy groups -OCH3 is 1. The second kappa shape index (κ2) is 11.0. The van der Waals surface area contributed by atoms with Crippen LogP contribution in [0.25, 0.3) is 0 Å². The Hall–Kier alpha value is -2.60. The molecule has 130 valence electrons. The van der Waals surface area contributed by atoms with E-state index in [1.54, 1.807) is 42.4 Å². The first-order chi connectivity index (χ1) is 11.6. The van der Waals surface area contributed by atoms with Gasteiger partial charge in [-0.2, -0.15) is 0 Å². The van der Waals surface area contributed by atoms with Crippen molar-refractivity contribution in [1.82, 2.24) is 10.2 Å². The SMILES string of the molecule is C=CCN(CC=C)C(=O)CNc1cccc(C(=O)NCCOC)c1. The van der Waals surface area contributed by atoms with E-state index in [1.165, 1.54) is 0 Å². The minimum atomic E-state index is -0.179. The fourth-order valence-corrected chi connectivity index (χ4v) is 2.02. The third-order valence-corrected chi connectivity index (χ3v) is 3.21. The number of nitrogens with one attached hydrogen (secondary N) is 2. The van der Waals surface area contributed by atoms with E-state index < -0.39 is 0 Å². The molecule has 0 fully saturated rings. The molecule has 0 bridgehead atoms. The maximum atomic E-state index is 12.2. The van der Waals surface area contributed by atoms with Crippen molar-refractivity contribution < 1.29 is 14.3 Å². The summed E-state index contributed by atoms with van der Waals surface area (Å²) in [6.07, 6.45) is 3.35. The van der Waals surface area contributed by atoms with Gasteiger partial charge in [-0.1, -0.05) is 18.2 Å². The van der Waals surface area contributed by atoms with Crippen LogP contribution in [0.5, 0.6) is 0 Å². The zero-order valence-corrected chi connectivity index (χ0v) is 14.1. The summed E-state index contributed by atoms with van der Waals surface area (Å²) >= 11 is 0. The number of hydrogen-bond acceptors (Lipinski definition) is 4. The Morgan fingerprint density at radius 2 is 1.96 bits per heavy atom. The summed E-state index contributed by atoms with van der Waals surface area (Å²) in [5, 5.41) is 5.79. The number of rotatable bonds is 11. The molecular formula is C18H25N3O3. The number of carbonyl (C=O) groups is 2. The molecule has 2 amide bonds. The zero-order valence-electron chi connectivity index (χ0n) is 14.1. The monoisotopic (exact) mass is 331 g/mol. The van der Waals surface area contributed by atoms with Crippen molar-refractivity contribution in [2.24, 2.45) is 0 Å². The van der Waals surface area contributed by atoms with Gasteiger partial charge in [0.15, 0.2) is 0 Å². The van der Waals surface area contributed by atoms with Gasteiger partial charge < -0.3 is 20.3 Å². The highest BCUT2D eigenvalue weighted by molar-refractivity contribution is 5.95. The van der Waals surface area contributed by atoms with Gasteiger partial charge in [0.1, 0.15) is 0 Å². The van der Waals surface area contributed by atoms with Gasteiger partial charge in [-0.15, -0.1) is 13.2 Å². The molecule has 0 aliphatic carbocycles. The van der Waals surface area contributed by atoms with Gasteiger partial charge in [0.25, 0.3) is 5.91 Å². The van der Waals surface area contributed by atoms with Crippen LogP contribution in [-0.2, 0) is 9.53 Å². The molecule has 0 radical (unpaired) electrons. The second-order valence-corrected chi connectivity index (χ2v) is 5.06. The molecule has 0 aliphatic heterocycles. The van der Waals surface area contributed by atoms with Crippen LogP contribution in [0, 0.1) is 0 Å². The van der Waals surface area contributed by atoms with Gasteiger partial charge in [0.05, 0.1) is 13.2 Å². The number of nitrogens with zero attached hydrogens (tertiary/aromatic N) is 1. The number of amides is 2. The predicted molar refractivity (Wildman–Crippen MR) is 96.1 cm³/mol. The summed E-state index contributed by atoms with van der Waals surface area (Å²) in [5.41, 5.74) is 1.23. The van der Waals surface area contributed by atoms with Crippen molar-refractivity contribution in [1.29, 1.82) is 0 Å². The molecule has 1 rings (SSSR count). The standard InChI is InChI=1S/C18H25N3O3/c1-4-10-21(11-5-2)17(22)14-20-16-8-6-7-15(13-16)18(23)19-9-12-24-3/h4-8,13,20H,1-2,9-12,14H2,3H3,(H,19,23). The van der Waals surface area contributed by atoms with E-state index in [0.29, 0.717) is 37.5 Å². The molecule has 0 saturated carbocycles. The Morgan fingerprint density at radius 1 is 1.25 bits per heavy atom. The number of ether oxygens (including phenoxy) is 1. The molecule has 6 heteroatoms. The maximum Gasteiger partial charge on any atom is 0.251 e. The maximum absolute atomic E-state index is 12.2. The number of benzene rings is 1. The Bertz CT molecular complexity index is 562. The summed E-state index contributed by atoms with van der Waals surface area (Å²) < 4.78 is 4.90. The fraction of sp³-hybridized carbons (Fsp3) is 0.333. The van der Waals surface area contributed by atoms with Crippen LogP contribution in [0.3, 0.4) is 0 Å². The summed E-state index contributed by atoms with van der Waals surface area (Å²) in [6, 6.07) is 7.01. The van der Waals surface area contributed by atoms with E-state index in [2.05, 4.69) is 23.8 Å². The van der Waals surface area contributed by atoms with Gasteiger partial charge >= 0.3 is 0 Å². The molecule has 0 spiro atoms. The van der Waals surface area contributed by atoms with E-state index in [1.807, 2.05) is 6.07 Å². The molecule has 0 unspecified atom stereocenters. The van der Waals surface area contributed by atoms with E-state index in [-0.39, 0.29) is 18.4 Å². The van der Waals surface area contributed by atoms with Crippen molar-refractivity contribution in [3.8, 4) is 0 Å². The van der Waals surface area contributed by atoms with Gasteiger partial charge in [-0.05, 0) is 18.2 Å². The summed E-state index contributed by atoms with van der Waals surface area (Å²) in [7, 11) is 1.58. The lowest BCUT2D eigenvalue weighted by Crippen LogP contribution is -2.35. The van der Waals surface area contributed by atoms with E-state index in [0.717, 1.165) is 0 Å². The largest absolute Gasteiger partial charge is 0.383 e. The second-order valence-electron chi connectivity index (χ2n) is 5.06. The minimum Gasteiger partial charge on any atom is -0.383 e. The molecule has 1 aromatic rings. The summed E-state index contributed by atoms with van der Waals surface area (Å²) in [6.45, 7) is 9.26. The molecule has 6 nitrogen and oxygen atoms in total. The van der Waals surface area contributed by atoms with Crippen LogP contribution in [0.1, 0.15) is 10.4 Å². The van der Waals surface area contributed by atoms with Crippen LogP contribution in [0.2, 0.25) is 0 Å². The molecular weight excluding hydrogens is 306 g/mol. The molecule has 0 atom stereocenters. The van der Waals surface area contributed by atoms with E-state index >= 15 is 0 Å². The molecule has 2 N–H and O–H groups in total. The molecule has 24 heavy (non-hydrogen) atoms. The molecule has 0 saturated heterocycles. The number of anilines is 1. The Morgan fingerprint density at radius 3 is 2.58 bits per heavy atom. The van der Waals surface area contributed by atoms with E-state index in [4.69, 9.17) is 4.74 Å². The Kier molecular flexibility index (Phi) is 8.93. The first kappa shape index (κ1) is 19.4. The number of hydrogen-bond donors (Lipinski definition) is 2. The number of carbonyl (C=O) groups excluding carboxylic acids is 2. The molecule has 1 aromatic carbocycles. The Balaban J connectivity index is 2.60. The van der Waals surface area contributed by atoms with Crippen LogP contribution < -0.4 is 10.6 Å². The minimum absolute atomic E-state index is 0.0650. The average Bonchev–Trinajstić information content (AvgIpc) is 2.60. The fourth-order valence-electron chi connectivity index (χ4n) is 2.02. The van der Waals surface area contributed by atoms with Crippen LogP contribution >= 0.6 is 0 Å². The smallest absolute Gasteiger partial charge is 0.251 e. The summed E-state index contributed by atoms with van der Waals surface area (Å²) in [5.74, 6) is -0.244. The third kappa shape index (κ3) is 6.66. The normalized spacial score (nSPS) is 9.88. The highest BCUT2D eigenvalue weighted by Crippen LogP contribution is 2.10. The van der Waals surface area contributed by atoms with Gasteiger partial charge in [0.2, 0.25) is 5.91 Å². The van der Waals surface area contributed by atoms with Crippen molar-refractivity contribution in [2.45, 2.75) is 0 Å². The zero-order chi connectivity index (χ0) is 17.8. The lowest BCUT2D eigenvalue weighted by atomic mass is 10.2. The highest BCUT2D eigenvalue weighted by Gasteiger charge is 2.11. The molecule has 0 aliphatic rings. The molecule has 0 heterocycles. The van der Waals surface area contributed by atoms with Crippen molar-refractivity contribution in [2.75, 3.05) is 45.2 Å². The van der Waals surface area contributed by atoms with Gasteiger partial charge in [-0.25, -0.2) is 0 Å². The quantitative estimate of drug-likeness (QED) is 0.478. The third-order valence-electron chi connectivity index (χ3n) is 3.21. The Labute approximate surface area is 143 Å². The van der Waals surface area contributed by atoms with Gasteiger partial charge in [-0.3, -0.25) is 9.59 Å². The van der Waals surface area contributed by atoms with Gasteiger partial charge in [0, 0.05) is 38.0 Å². The average molecular weight is 331 g/mol. The van der Waals surface area contributed by atoms with Crippen molar-refractivity contribution in [3.05, 3.63) is 55.1 Å². The van der Waals surface area contributed by atoms with Crippen LogP contribution in [-0.4, -0.2) is 56.6 Å². The summed E-state index contributed by atoms with van der Waals surface area (Å²) in [4.78, 5) is 25.8. The lowest BCUT2D eigenvalue weighted by molar-refractivity contribution is -0.128. The van der Waals surface area contributed by atoms with Crippen molar-refractivity contribution in [3.63, 3.8) is 0 Å².